The molecule has 0 fully saturated rings. The van der Waals surface area contributed by atoms with Crippen LogP contribution in [-0.2, 0) is 9.53 Å². The first-order valence-corrected chi connectivity index (χ1v) is 6.82. The number of nitrogens with one attached hydrogen (secondary N) is 2. The minimum absolute atomic E-state index is 0.0654. The van der Waals surface area contributed by atoms with Crippen LogP contribution in [0.2, 0.25) is 0 Å². The Hall–Kier alpha value is -1.46. The Morgan fingerprint density at radius 1 is 1.40 bits per heavy atom. The maximum absolute atomic E-state index is 13.1. The highest BCUT2D eigenvalue weighted by Crippen LogP contribution is 2.14. The van der Waals surface area contributed by atoms with Crippen molar-refractivity contribution in [3.8, 4) is 0 Å². The second kappa shape index (κ2) is 8.66. The van der Waals surface area contributed by atoms with E-state index in [1.54, 1.807) is 20.1 Å². The van der Waals surface area contributed by atoms with Crippen molar-refractivity contribution in [2.45, 2.75) is 32.4 Å². The Morgan fingerprint density at radius 3 is 2.80 bits per heavy atom. The van der Waals surface area contributed by atoms with E-state index in [1.165, 1.54) is 12.1 Å². The minimum atomic E-state index is -0.337. The fourth-order valence-corrected chi connectivity index (χ4v) is 1.90. The summed E-state index contributed by atoms with van der Waals surface area (Å²) in [5.74, 6) is -0.336. The summed E-state index contributed by atoms with van der Waals surface area (Å²) in [5.41, 5.74) is 0.823. The van der Waals surface area contributed by atoms with Crippen molar-refractivity contribution in [3.63, 3.8) is 0 Å². The third-order valence-electron chi connectivity index (χ3n) is 3.07. The van der Waals surface area contributed by atoms with E-state index in [0.717, 1.165) is 12.0 Å². The van der Waals surface area contributed by atoms with Crippen LogP contribution in [-0.4, -0.2) is 32.2 Å². The van der Waals surface area contributed by atoms with Gasteiger partial charge in [0, 0.05) is 26.3 Å². The van der Waals surface area contributed by atoms with Gasteiger partial charge in [-0.05, 0) is 38.0 Å². The maximum Gasteiger partial charge on any atom is 0.236 e. The zero-order chi connectivity index (χ0) is 15.0. The summed E-state index contributed by atoms with van der Waals surface area (Å²) in [6.07, 6.45) is 0.786. The zero-order valence-corrected chi connectivity index (χ0v) is 12.3. The van der Waals surface area contributed by atoms with E-state index in [9.17, 15) is 9.18 Å². The standard InChI is InChI=1S/C15H23FN2O2/c1-11(13-6-4-7-14(16)10-13)18-12(2)15(19)17-8-5-9-20-3/h4,6-7,10-12,18H,5,8-9H2,1-3H3,(H,17,19)/t11-,12?/m0/s1. The smallest absolute Gasteiger partial charge is 0.236 e. The molecule has 2 N–H and O–H groups in total. The average molecular weight is 282 g/mol. The fourth-order valence-electron chi connectivity index (χ4n) is 1.90. The van der Waals surface area contributed by atoms with Crippen LogP contribution >= 0.6 is 0 Å². The molecule has 112 valence electrons. The molecule has 0 aliphatic heterocycles. The molecule has 0 spiro atoms. The summed E-state index contributed by atoms with van der Waals surface area (Å²) in [4.78, 5) is 11.9. The van der Waals surface area contributed by atoms with Crippen molar-refractivity contribution in [3.05, 3.63) is 35.6 Å². The van der Waals surface area contributed by atoms with E-state index in [4.69, 9.17) is 4.74 Å². The summed E-state index contributed by atoms with van der Waals surface area (Å²) < 4.78 is 18.1. The van der Waals surface area contributed by atoms with Gasteiger partial charge in [-0.3, -0.25) is 10.1 Å². The van der Waals surface area contributed by atoms with E-state index >= 15 is 0 Å². The third-order valence-corrected chi connectivity index (χ3v) is 3.07. The van der Waals surface area contributed by atoms with Crippen molar-refractivity contribution in [2.24, 2.45) is 0 Å². The van der Waals surface area contributed by atoms with Crippen molar-refractivity contribution in [1.82, 2.24) is 10.6 Å². The van der Waals surface area contributed by atoms with E-state index in [-0.39, 0.29) is 23.8 Å². The Kier molecular flexibility index (Phi) is 7.18. The highest BCUT2D eigenvalue weighted by atomic mass is 19.1. The molecule has 20 heavy (non-hydrogen) atoms. The summed E-state index contributed by atoms with van der Waals surface area (Å²) in [6.45, 7) is 4.92. The lowest BCUT2D eigenvalue weighted by molar-refractivity contribution is -0.122. The molecule has 5 heteroatoms. The predicted molar refractivity (Wildman–Crippen MR) is 76.9 cm³/mol. The normalized spacial score (nSPS) is 13.8. The van der Waals surface area contributed by atoms with Gasteiger partial charge >= 0.3 is 0 Å². The van der Waals surface area contributed by atoms with Crippen LogP contribution in [0, 0.1) is 5.82 Å². The largest absolute Gasteiger partial charge is 0.385 e. The number of benzene rings is 1. The average Bonchev–Trinajstić information content (AvgIpc) is 2.43. The molecule has 0 bridgehead atoms. The Bertz CT molecular complexity index is 426. The third kappa shape index (κ3) is 5.67. The first-order chi connectivity index (χ1) is 9.54. The molecule has 1 amide bonds. The number of carbonyl (C=O) groups is 1. The van der Waals surface area contributed by atoms with Crippen LogP contribution in [0.1, 0.15) is 31.9 Å². The van der Waals surface area contributed by atoms with Crippen molar-refractivity contribution >= 4 is 5.91 Å². The lowest BCUT2D eigenvalue weighted by atomic mass is 10.1. The molecular formula is C15H23FN2O2. The van der Waals surface area contributed by atoms with Crippen molar-refractivity contribution in [1.29, 1.82) is 0 Å². The molecule has 0 aliphatic carbocycles. The van der Waals surface area contributed by atoms with Crippen LogP contribution in [0.5, 0.6) is 0 Å². The number of hydrogen-bond donors (Lipinski definition) is 2. The molecule has 0 radical (unpaired) electrons. The first kappa shape index (κ1) is 16.6. The molecule has 0 aliphatic rings. The Labute approximate surface area is 119 Å². The van der Waals surface area contributed by atoms with E-state index in [0.29, 0.717) is 13.2 Å². The van der Waals surface area contributed by atoms with Gasteiger partial charge in [0.1, 0.15) is 5.82 Å². The number of halogens is 1. The summed E-state index contributed by atoms with van der Waals surface area (Å²) >= 11 is 0. The number of amides is 1. The van der Waals surface area contributed by atoms with Crippen molar-refractivity contribution in [2.75, 3.05) is 20.3 Å². The van der Waals surface area contributed by atoms with Gasteiger partial charge in [-0.25, -0.2) is 4.39 Å². The number of ether oxygens (including phenoxy) is 1. The first-order valence-electron chi connectivity index (χ1n) is 6.82. The molecule has 4 nitrogen and oxygen atoms in total. The number of rotatable bonds is 8. The molecule has 1 rings (SSSR count). The molecule has 1 unspecified atom stereocenters. The van der Waals surface area contributed by atoms with E-state index < -0.39 is 0 Å². The number of carbonyl (C=O) groups excluding carboxylic acids is 1. The van der Waals surface area contributed by atoms with E-state index in [2.05, 4.69) is 10.6 Å². The van der Waals surface area contributed by atoms with E-state index in [1.807, 2.05) is 13.0 Å². The highest BCUT2D eigenvalue weighted by Gasteiger charge is 2.15. The fraction of sp³-hybridized carbons (Fsp3) is 0.533. The molecule has 2 atom stereocenters. The minimum Gasteiger partial charge on any atom is -0.385 e. The molecule has 0 aromatic heterocycles. The summed E-state index contributed by atoms with van der Waals surface area (Å²) in [6, 6.07) is 5.95. The van der Waals surface area contributed by atoms with Gasteiger partial charge in [0.05, 0.1) is 6.04 Å². The molecule has 0 saturated carbocycles. The van der Waals surface area contributed by atoms with Crippen LogP contribution in [0.3, 0.4) is 0 Å². The quantitative estimate of drug-likeness (QED) is 0.717. The molecule has 1 aromatic carbocycles. The predicted octanol–water partition coefficient (Wildman–Crippen LogP) is 2.02. The van der Waals surface area contributed by atoms with Crippen molar-refractivity contribution < 1.29 is 13.9 Å². The number of hydrogen-bond acceptors (Lipinski definition) is 3. The van der Waals surface area contributed by atoms with Crippen LogP contribution in [0.25, 0.3) is 0 Å². The summed E-state index contributed by atoms with van der Waals surface area (Å²) in [5, 5.41) is 5.98. The molecule has 1 aromatic rings. The molecule has 0 heterocycles. The second-order valence-corrected chi connectivity index (χ2v) is 4.80. The Morgan fingerprint density at radius 2 is 2.15 bits per heavy atom. The van der Waals surface area contributed by atoms with Gasteiger partial charge in [-0.2, -0.15) is 0 Å². The lowest BCUT2D eigenvalue weighted by Gasteiger charge is -2.20. The Balaban J connectivity index is 2.40. The van der Waals surface area contributed by atoms with Crippen LogP contribution < -0.4 is 10.6 Å². The monoisotopic (exact) mass is 282 g/mol. The van der Waals surface area contributed by atoms with Gasteiger partial charge in [-0.15, -0.1) is 0 Å². The SMILES string of the molecule is COCCCNC(=O)C(C)N[C@@H](C)c1cccc(F)c1. The highest BCUT2D eigenvalue weighted by molar-refractivity contribution is 5.81. The molecule has 0 saturated heterocycles. The second-order valence-electron chi connectivity index (χ2n) is 4.80. The zero-order valence-electron chi connectivity index (χ0n) is 12.3. The van der Waals surface area contributed by atoms with Gasteiger partial charge in [0.25, 0.3) is 0 Å². The van der Waals surface area contributed by atoms with Crippen LogP contribution in [0.4, 0.5) is 4.39 Å². The maximum atomic E-state index is 13.1. The molecular weight excluding hydrogens is 259 g/mol. The number of methoxy groups -OCH3 is 1. The van der Waals surface area contributed by atoms with Gasteiger partial charge in [0.2, 0.25) is 5.91 Å². The lowest BCUT2D eigenvalue weighted by Crippen LogP contribution is -2.43. The topological polar surface area (TPSA) is 50.4 Å². The summed E-state index contributed by atoms with van der Waals surface area (Å²) in [7, 11) is 1.63. The van der Waals surface area contributed by atoms with Crippen LogP contribution in [0.15, 0.2) is 24.3 Å². The van der Waals surface area contributed by atoms with Gasteiger partial charge < -0.3 is 10.1 Å². The van der Waals surface area contributed by atoms with Gasteiger partial charge in [-0.1, -0.05) is 12.1 Å². The van der Waals surface area contributed by atoms with Gasteiger partial charge in [0.15, 0.2) is 0 Å².